The number of rotatable bonds is 9. The highest BCUT2D eigenvalue weighted by atomic mass is 16.5. The fourth-order valence-electron chi connectivity index (χ4n) is 1.74. The van der Waals surface area contributed by atoms with Crippen LogP contribution >= 0.6 is 0 Å². The van der Waals surface area contributed by atoms with Crippen molar-refractivity contribution in [2.75, 3.05) is 20.3 Å². The number of benzene rings is 1. The second-order valence-electron chi connectivity index (χ2n) is 4.47. The first-order valence-corrected chi connectivity index (χ1v) is 6.44. The molecule has 0 saturated carbocycles. The summed E-state index contributed by atoms with van der Waals surface area (Å²) < 4.78 is 10.7. The Morgan fingerprint density at radius 3 is 2.80 bits per heavy atom. The van der Waals surface area contributed by atoms with Crippen LogP contribution in [0.4, 0.5) is 0 Å². The largest absolute Gasteiger partial charge is 0.496 e. The van der Waals surface area contributed by atoms with Gasteiger partial charge >= 0.3 is 5.97 Å². The van der Waals surface area contributed by atoms with Gasteiger partial charge in [-0.1, -0.05) is 6.07 Å². The van der Waals surface area contributed by atoms with Gasteiger partial charge in [-0.05, 0) is 24.5 Å². The number of carboxylic acid groups (broad SMARTS) is 1. The minimum Gasteiger partial charge on any atom is -0.496 e. The maximum absolute atomic E-state index is 10.4. The van der Waals surface area contributed by atoms with E-state index in [1.807, 2.05) is 6.07 Å². The molecule has 6 heteroatoms. The zero-order valence-corrected chi connectivity index (χ0v) is 11.5. The molecular formula is C14H21NO5. The van der Waals surface area contributed by atoms with Crippen LogP contribution < -0.4 is 15.2 Å². The fraction of sp³-hybridized carbons (Fsp3) is 0.500. The molecule has 1 rings (SSSR count). The Kier molecular flexibility index (Phi) is 6.83. The predicted octanol–water partition coefficient (Wildman–Crippen LogP) is 0.801. The molecule has 0 spiro atoms. The van der Waals surface area contributed by atoms with E-state index in [-0.39, 0.29) is 19.1 Å². The van der Waals surface area contributed by atoms with Crippen LogP contribution in [0, 0.1) is 0 Å². The summed E-state index contributed by atoms with van der Waals surface area (Å²) in [5.41, 5.74) is 6.60. The van der Waals surface area contributed by atoms with Gasteiger partial charge in [-0.25, -0.2) is 0 Å². The summed E-state index contributed by atoms with van der Waals surface area (Å²) in [6, 6.07) is 5.02. The van der Waals surface area contributed by atoms with E-state index in [4.69, 9.17) is 25.4 Å². The van der Waals surface area contributed by atoms with Crippen LogP contribution in [0.25, 0.3) is 0 Å². The van der Waals surface area contributed by atoms with Gasteiger partial charge in [0.25, 0.3) is 0 Å². The van der Waals surface area contributed by atoms with E-state index in [2.05, 4.69) is 0 Å². The van der Waals surface area contributed by atoms with Gasteiger partial charge in [0.1, 0.15) is 11.5 Å². The number of carbonyl (C=O) groups is 1. The standard InChI is InChI=1S/C14H21NO5/c1-19-13-8-12(20-6-2-3-14(17)18)5-4-10(13)7-11(15)9-16/h4-5,8,11,16H,2-3,6-7,9,15H2,1H3,(H,17,18). The van der Waals surface area contributed by atoms with Crippen molar-refractivity contribution in [1.82, 2.24) is 0 Å². The van der Waals surface area contributed by atoms with Crippen LogP contribution in [0.1, 0.15) is 18.4 Å². The number of ether oxygens (including phenoxy) is 2. The van der Waals surface area contributed by atoms with E-state index in [1.54, 1.807) is 19.2 Å². The number of nitrogens with two attached hydrogens (primary N) is 1. The number of aliphatic hydroxyl groups excluding tert-OH is 1. The number of aliphatic hydroxyl groups is 1. The first-order chi connectivity index (χ1) is 9.56. The van der Waals surface area contributed by atoms with Gasteiger partial charge in [0.15, 0.2) is 0 Å². The second-order valence-corrected chi connectivity index (χ2v) is 4.47. The Labute approximate surface area is 118 Å². The quantitative estimate of drug-likeness (QED) is 0.579. The monoisotopic (exact) mass is 283 g/mol. The molecule has 0 saturated heterocycles. The molecule has 1 unspecified atom stereocenters. The summed E-state index contributed by atoms with van der Waals surface area (Å²) in [5, 5.41) is 17.5. The molecule has 20 heavy (non-hydrogen) atoms. The van der Waals surface area contributed by atoms with E-state index < -0.39 is 5.97 Å². The SMILES string of the molecule is COc1cc(OCCCC(=O)O)ccc1CC(N)CO. The average molecular weight is 283 g/mol. The summed E-state index contributed by atoms with van der Waals surface area (Å²) in [5.74, 6) is 0.428. The van der Waals surface area contributed by atoms with Crippen LogP contribution in [0.15, 0.2) is 18.2 Å². The molecule has 1 aromatic carbocycles. The van der Waals surface area contributed by atoms with Gasteiger partial charge in [0, 0.05) is 18.5 Å². The second kappa shape index (κ2) is 8.39. The zero-order valence-electron chi connectivity index (χ0n) is 11.5. The van der Waals surface area contributed by atoms with Crippen molar-refractivity contribution in [3.05, 3.63) is 23.8 Å². The summed E-state index contributed by atoms with van der Waals surface area (Å²) in [6.07, 6.45) is 1.05. The smallest absolute Gasteiger partial charge is 0.303 e. The Bertz CT molecular complexity index is 436. The van der Waals surface area contributed by atoms with E-state index in [9.17, 15) is 4.79 Å². The number of hydrogen-bond donors (Lipinski definition) is 3. The van der Waals surface area contributed by atoms with E-state index >= 15 is 0 Å². The van der Waals surface area contributed by atoms with Crippen LogP contribution in [0.5, 0.6) is 11.5 Å². The molecule has 112 valence electrons. The molecule has 6 nitrogen and oxygen atoms in total. The lowest BCUT2D eigenvalue weighted by Gasteiger charge is -2.14. The molecule has 0 aliphatic rings. The highest BCUT2D eigenvalue weighted by Gasteiger charge is 2.09. The number of methoxy groups -OCH3 is 1. The van der Waals surface area contributed by atoms with Crippen LogP contribution in [-0.4, -0.2) is 42.5 Å². The number of hydrogen-bond acceptors (Lipinski definition) is 5. The van der Waals surface area contributed by atoms with Crippen LogP contribution in [0.3, 0.4) is 0 Å². The Morgan fingerprint density at radius 2 is 2.20 bits per heavy atom. The summed E-state index contributed by atoms with van der Waals surface area (Å²) in [6.45, 7) is 0.252. The maximum Gasteiger partial charge on any atom is 0.303 e. The highest BCUT2D eigenvalue weighted by Crippen LogP contribution is 2.25. The Morgan fingerprint density at radius 1 is 1.45 bits per heavy atom. The highest BCUT2D eigenvalue weighted by molar-refractivity contribution is 5.66. The van der Waals surface area contributed by atoms with Gasteiger partial charge in [-0.15, -0.1) is 0 Å². The lowest BCUT2D eigenvalue weighted by atomic mass is 10.1. The molecular weight excluding hydrogens is 262 g/mol. The van der Waals surface area contributed by atoms with Crippen molar-refractivity contribution >= 4 is 5.97 Å². The van der Waals surface area contributed by atoms with E-state index in [1.165, 1.54) is 0 Å². The van der Waals surface area contributed by atoms with Crippen molar-refractivity contribution in [1.29, 1.82) is 0 Å². The lowest BCUT2D eigenvalue weighted by molar-refractivity contribution is -0.137. The van der Waals surface area contributed by atoms with Gasteiger partial charge in [-0.2, -0.15) is 0 Å². The minimum absolute atomic E-state index is 0.0839. The number of carboxylic acids is 1. The van der Waals surface area contributed by atoms with E-state index in [0.29, 0.717) is 30.9 Å². The van der Waals surface area contributed by atoms with Crippen molar-refractivity contribution in [2.45, 2.75) is 25.3 Å². The Hall–Kier alpha value is -1.79. The summed E-state index contributed by atoms with van der Waals surface area (Å²) in [7, 11) is 1.55. The first kappa shape index (κ1) is 16.3. The summed E-state index contributed by atoms with van der Waals surface area (Å²) in [4.78, 5) is 10.4. The molecule has 1 atom stereocenters. The van der Waals surface area contributed by atoms with Crippen LogP contribution in [0.2, 0.25) is 0 Å². The summed E-state index contributed by atoms with van der Waals surface area (Å²) >= 11 is 0. The lowest BCUT2D eigenvalue weighted by Crippen LogP contribution is -2.27. The van der Waals surface area contributed by atoms with Gasteiger partial charge in [0.2, 0.25) is 0 Å². The zero-order chi connectivity index (χ0) is 15.0. The van der Waals surface area contributed by atoms with Gasteiger partial charge in [0.05, 0.1) is 20.3 Å². The molecule has 0 aromatic heterocycles. The number of aliphatic carboxylic acids is 1. The third-order valence-electron chi connectivity index (χ3n) is 2.78. The normalized spacial score (nSPS) is 11.9. The van der Waals surface area contributed by atoms with Gasteiger partial charge < -0.3 is 25.4 Å². The molecule has 0 aliphatic carbocycles. The minimum atomic E-state index is -0.834. The first-order valence-electron chi connectivity index (χ1n) is 6.44. The molecule has 0 radical (unpaired) electrons. The predicted molar refractivity (Wildman–Crippen MR) is 74.1 cm³/mol. The maximum atomic E-state index is 10.4. The molecule has 0 heterocycles. The molecule has 0 fully saturated rings. The molecule has 0 amide bonds. The van der Waals surface area contributed by atoms with Crippen LogP contribution in [-0.2, 0) is 11.2 Å². The van der Waals surface area contributed by atoms with Crippen molar-refractivity contribution < 1.29 is 24.5 Å². The van der Waals surface area contributed by atoms with Crippen molar-refractivity contribution in [2.24, 2.45) is 5.73 Å². The third kappa shape index (κ3) is 5.46. The molecule has 0 bridgehead atoms. The van der Waals surface area contributed by atoms with E-state index in [0.717, 1.165) is 5.56 Å². The topological polar surface area (TPSA) is 102 Å². The molecule has 0 aliphatic heterocycles. The third-order valence-corrected chi connectivity index (χ3v) is 2.78. The van der Waals surface area contributed by atoms with Gasteiger partial charge in [-0.3, -0.25) is 4.79 Å². The molecule has 1 aromatic rings. The fourth-order valence-corrected chi connectivity index (χ4v) is 1.74. The Balaban J connectivity index is 2.60. The molecule has 4 N–H and O–H groups in total. The van der Waals surface area contributed by atoms with Crippen molar-refractivity contribution in [3.63, 3.8) is 0 Å². The average Bonchev–Trinajstić information content (AvgIpc) is 2.44. The van der Waals surface area contributed by atoms with Crippen molar-refractivity contribution in [3.8, 4) is 11.5 Å².